The summed E-state index contributed by atoms with van der Waals surface area (Å²) >= 11 is 0. The van der Waals surface area contributed by atoms with Gasteiger partial charge in [0.25, 0.3) is 5.91 Å². The molecule has 162 valence electrons. The first-order chi connectivity index (χ1) is 15.4. The third kappa shape index (κ3) is 4.32. The van der Waals surface area contributed by atoms with Gasteiger partial charge in [-0.25, -0.2) is 4.79 Å². The second-order valence-corrected chi connectivity index (χ2v) is 7.56. The van der Waals surface area contributed by atoms with Gasteiger partial charge in [0.1, 0.15) is 12.6 Å². The lowest BCUT2D eigenvalue weighted by Gasteiger charge is -2.15. The maximum absolute atomic E-state index is 12.4. The highest BCUT2D eigenvalue weighted by molar-refractivity contribution is 5.97. The molecule has 0 bridgehead atoms. The fourth-order valence-corrected chi connectivity index (χ4v) is 3.80. The van der Waals surface area contributed by atoms with Crippen molar-refractivity contribution in [2.75, 3.05) is 11.9 Å². The number of hydrogen-bond acceptors (Lipinski definition) is 4. The van der Waals surface area contributed by atoms with Crippen LogP contribution in [0.2, 0.25) is 0 Å². The number of carboxylic acids is 1. The minimum atomic E-state index is -1.12. The van der Waals surface area contributed by atoms with Crippen molar-refractivity contribution in [2.45, 2.75) is 18.9 Å². The quantitative estimate of drug-likeness (QED) is 0.542. The Bertz CT molecular complexity index is 1130. The van der Waals surface area contributed by atoms with Gasteiger partial charge in [-0.1, -0.05) is 48.5 Å². The van der Waals surface area contributed by atoms with Gasteiger partial charge in [0.15, 0.2) is 0 Å². The molecule has 1 atom stereocenters. The minimum absolute atomic E-state index is 0.0320. The SMILES string of the molecule is C[C@@H](NC(=O)c1ccc(NC(=O)OCC2c3ccccc3-c3ccccc32)cc1)C(=O)O. The predicted molar refractivity (Wildman–Crippen MR) is 120 cm³/mol. The zero-order chi connectivity index (χ0) is 22.7. The standard InChI is InChI=1S/C25H22N2O5/c1-15(24(29)30)26-23(28)16-10-12-17(13-11-16)27-25(31)32-14-22-20-8-4-2-6-18(20)19-7-3-5-9-21(19)22/h2-13,15,22H,14H2,1H3,(H,26,28)(H,27,31)(H,29,30)/t15-/m1/s1. The first-order valence-electron chi connectivity index (χ1n) is 10.2. The molecule has 2 amide bonds. The summed E-state index contributed by atoms with van der Waals surface area (Å²) in [6.07, 6.45) is -0.594. The highest BCUT2D eigenvalue weighted by Crippen LogP contribution is 2.44. The number of carboxylic acid groups (broad SMARTS) is 1. The largest absolute Gasteiger partial charge is 0.480 e. The molecule has 4 rings (SSSR count). The summed E-state index contributed by atoms with van der Waals surface area (Å²) in [4.78, 5) is 35.3. The number of carbonyl (C=O) groups excluding carboxylic acids is 2. The molecule has 3 aromatic carbocycles. The van der Waals surface area contributed by atoms with Crippen molar-refractivity contribution in [3.05, 3.63) is 89.5 Å². The van der Waals surface area contributed by atoms with Gasteiger partial charge in [0.05, 0.1) is 0 Å². The van der Waals surface area contributed by atoms with Crippen LogP contribution in [0.1, 0.15) is 34.3 Å². The van der Waals surface area contributed by atoms with Crippen LogP contribution in [-0.4, -0.2) is 35.7 Å². The summed E-state index contributed by atoms with van der Waals surface area (Å²) in [6.45, 7) is 1.58. The number of anilines is 1. The van der Waals surface area contributed by atoms with E-state index in [0.717, 1.165) is 22.3 Å². The minimum Gasteiger partial charge on any atom is -0.480 e. The van der Waals surface area contributed by atoms with Crippen LogP contribution in [0.5, 0.6) is 0 Å². The molecule has 3 N–H and O–H groups in total. The maximum atomic E-state index is 12.4. The highest BCUT2D eigenvalue weighted by Gasteiger charge is 2.29. The van der Waals surface area contributed by atoms with Crippen molar-refractivity contribution in [3.8, 4) is 11.1 Å². The second-order valence-electron chi connectivity index (χ2n) is 7.56. The summed E-state index contributed by atoms with van der Waals surface area (Å²) < 4.78 is 5.51. The van der Waals surface area contributed by atoms with Crippen molar-refractivity contribution in [2.24, 2.45) is 0 Å². The zero-order valence-corrected chi connectivity index (χ0v) is 17.4. The van der Waals surface area contributed by atoms with E-state index in [4.69, 9.17) is 9.84 Å². The number of aliphatic carboxylic acids is 1. The number of nitrogens with one attached hydrogen (secondary N) is 2. The first kappa shape index (κ1) is 21.1. The van der Waals surface area contributed by atoms with Gasteiger partial charge < -0.3 is 15.2 Å². The molecule has 3 aromatic rings. The summed E-state index contributed by atoms with van der Waals surface area (Å²) in [6, 6.07) is 21.3. The van der Waals surface area contributed by atoms with E-state index >= 15 is 0 Å². The summed E-state index contributed by atoms with van der Waals surface area (Å²) in [5.41, 5.74) is 5.33. The average Bonchev–Trinajstić information content (AvgIpc) is 3.12. The second kappa shape index (κ2) is 8.93. The molecule has 0 radical (unpaired) electrons. The Morgan fingerprint density at radius 2 is 1.47 bits per heavy atom. The lowest BCUT2D eigenvalue weighted by atomic mass is 9.98. The Kier molecular flexibility index (Phi) is 5.89. The number of fused-ring (bicyclic) bond motifs is 3. The van der Waals surface area contributed by atoms with Gasteiger partial charge in [0.2, 0.25) is 0 Å². The summed E-state index contributed by atoms with van der Waals surface area (Å²) in [5.74, 6) is -1.66. The molecule has 0 aromatic heterocycles. The molecule has 0 saturated heterocycles. The summed E-state index contributed by atoms with van der Waals surface area (Å²) in [5, 5.41) is 13.9. The van der Waals surface area contributed by atoms with Crippen molar-refractivity contribution in [1.82, 2.24) is 5.32 Å². The van der Waals surface area contributed by atoms with Crippen molar-refractivity contribution >= 4 is 23.7 Å². The zero-order valence-electron chi connectivity index (χ0n) is 17.4. The normalized spacial score (nSPS) is 12.9. The number of benzene rings is 3. The van der Waals surface area contributed by atoms with Crippen LogP contribution in [0.3, 0.4) is 0 Å². The topological polar surface area (TPSA) is 105 Å². The lowest BCUT2D eigenvalue weighted by Crippen LogP contribution is -2.38. The van der Waals surface area contributed by atoms with Crippen LogP contribution >= 0.6 is 0 Å². The molecule has 0 fully saturated rings. The Morgan fingerprint density at radius 3 is 2.03 bits per heavy atom. The Balaban J connectivity index is 1.37. The van der Waals surface area contributed by atoms with Crippen molar-refractivity contribution in [3.63, 3.8) is 0 Å². The van der Waals surface area contributed by atoms with Crippen molar-refractivity contribution < 1.29 is 24.2 Å². The third-order valence-electron chi connectivity index (χ3n) is 5.46. The van der Waals surface area contributed by atoms with Gasteiger partial charge >= 0.3 is 12.1 Å². The lowest BCUT2D eigenvalue weighted by molar-refractivity contribution is -0.138. The number of rotatable bonds is 6. The number of hydrogen-bond donors (Lipinski definition) is 3. The third-order valence-corrected chi connectivity index (χ3v) is 5.46. The highest BCUT2D eigenvalue weighted by atomic mass is 16.5. The fourth-order valence-electron chi connectivity index (χ4n) is 3.80. The fraction of sp³-hybridized carbons (Fsp3) is 0.160. The number of ether oxygens (including phenoxy) is 1. The molecule has 0 aliphatic heterocycles. The van der Waals surface area contributed by atoms with Crippen LogP contribution in [0.15, 0.2) is 72.8 Å². The van der Waals surface area contributed by atoms with E-state index in [-0.39, 0.29) is 18.1 Å². The molecule has 7 nitrogen and oxygen atoms in total. The van der Waals surface area contributed by atoms with E-state index in [0.29, 0.717) is 5.69 Å². The molecular weight excluding hydrogens is 408 g/mol. The monoisotopic (exact) mass is 430 g/mol. The van der Waals surface area contributed by atoms with Gasteiger partial charge in [-0.05, 0) is 53.4 Å². The van der Waals surface area contributed by atoms with E-state index in [1.54, 1.807) is 12.1 Å². The van der Waals surface area contributed by atoms with Crippen LogP contribution in [-0.2, 0) is 9.53 Å². The molecule has 1 aliphatic carbocycles. The van der Waals surface area contributed by atoms with Crippen LogP contribution < -0.4 is 10.6 Å². The van der Waals surface area contributed by atoms with Gasteiger partial charge in [0, 0.05) is 17.2 Å². The maximum Gasteiger partial charge on any atom is 0.411 e. The molecule has 0 heterocycles. The predicted octanol–water partition coefficient (Wildman–Crippen LogP) is 4.25. The Hall–Kier alpha value is -4.13. The van der Waals surface area contributed by atoms with E-state index in [9.17, 15) is 14.4 Å². The van der Waals surface area contributed by atoms with Crippen LogP contribution in [0.4, 0.5) is 10.5 Å². The molecule has 7 heteroatoms. The summed E-state index contributed by atoms with van der Waals surface area (Å²) in [7, 11) is 0. The Morgan fingerprint density at radius 1 is 0.906 bits per heavy atom. The van der Waals surface area contributed by atoms with E-state index < -0.39 is 24.0 Å². The molecule has 0 saturated carbocycles. The van der Waals surface area contributed by atoms with Crippen LogP contribution in [0.25, 0.3) is 11.1 Å². The smallest absolute Gasteiger partial charge is 0.411 e. The van der Waals surface area contributed by atoms with E-state index in [2.05, 4.69) is 34.9 Å². The van der Waals surface area contributed by atoms with Gasteiger partial charge in [-0.3, -0.25) is 14.9 Å². The van der Waals surface area contributed by atoms with Crippen molar-refractivity contribution in [1.29, 1.82) is 0 Å². The molecule has 1 aliphatic rings. The van der Waals surface area contributed by atoms with Crippen LogP contribution in [0, 0.1) is 0 Å². The Labute approximate surface area is 185 Å². The molecular formula is C25H22N2O5. The first-order valence-corrected chi connectivity index (χ1v) is 10.2. The molecule has 32 heavy (non-hydrogen) atoms. The van der Waals surface area contributed by atoms with E-state index in [1.807, 2.05) is 24.3 Å². The molecule has 0 unspecified atom stereocenters. The molecule has 0 spiro atoms. The van der Waals surface area contributed by atoms with Gasteiger partial charge in [-0.15, -0.1) is 0 Å². The number of carbonyl (C=O) groups is 3. The number of amides is 2. The van der Waals surface area contributed by atoms with Gasteiger partial charge in [-0.2, -0.15) is 0 Å². The van der Waals surface area contributed by atoms with E-state index in [1.165, 1.54) is 19.1 Å². The average molecular weight is 430 g/mol.